The third kappa shape index (κ3) is 5.69. The number of ether oxygens (including phenoxy) is 2. The van der Waals surface area contributed by atoms with Gasteiger partial charge in [-0.2, -0.15) is 0 Å². The van der Waals surface area contributed by atoms with Crippen LogP contribution in [0.25, 0.3) is 0 Å². The predicted molar refractivity (Wildman–Crippen MR) is 112 cm³/mol. The third-order valence-electron chi connectivity index (χ3n) is 6.26. The normalized spacial score (nSPS) is 34.4. The fraction of sp³-hybridized carbons (Fsp3) is 0.870. The Morgan fingerprint density at radius 2 is 1.83 bits per heavy atom. The molecule has 0 amide bonds. The largest absolute Gasteiger partial charge is 0.396 e. The van der Waals surface area contributed by atoms with Crippen LogP contribution in [0.5, 0.6) is 0 Å². The van der Waals surface area contributed by atoms with Gasteiger partial charge < -0.3 is 29.9 Å². The molecule has 0 aromatic carbocycles. The quantitative estimate of drug-likeness (QED) is 0.372. The molecule has 6 atom stereocenters. The summed E-state index contributed by atoms with van der Waals surface area (Å²) in [6.07, 6.45) is 2.54. The topological polar surface area (TPSA) is 116 Å². The van der Waals surface area contributed by atoms with Crippen molar-refractivity contribution in [1.29, 1.82) is 0 Å². The number of carbonyl (C=O) groups excluding carboxylic acids is 1. The Bertz CT molecular complexity index is 627. The highest BCUT2D eigenvalue weighted by Crippen LogP contribution is 2.53. The van der Waals surface area contributed by atoms with Gasteiger partial charge in [0.2, 0.25) is 0 Å². The first kappa shape index (κ1) is 25.4. The van der Waals surface area contributed by atoms with E-state index in [1.165, 1.54) is 0 Å². The molecule has 2 fully saturated rings. The van der Waals surface area contributed by atoms with E-state index in [0.29, 0.717) is 18.9 Å². The van der Waals surface area contributed by atoms with E-state index >= 15 is 0 Å². The molecular weight excluding hydrogens is 388 g/mol. The van der Waals surface area contributed by atoms with Gasteiger partial charge in [-0.25, -0.2) is 0 Å². The molecule has 0 aromatic rings. The minimum Gasteiger partial charge on any atom is -0.396 e. The maximum absolute atomic E-state index is 12.0. The highest BCUT2D eigenvalue weighted by atomic mass is 16.8. The first-order chi connectivity index (χ1) is 13.7. The average molecular weight is 429 g/mol. The second-order valence-electron chi connectivity index (χ2n) is 10.9. The highest BCUT2D eigenvalue weighted by molar-refractivity contribution is 5.89. The third-order valence-corrected chi connectivity index (χ3v) is 6.26. The Hall–Kier alpha value is -0.830. The lowest BCUT2D eigenvalue weighted by molar-refractivity contribution is -0.438. The van der Waals surface area contributed by atoms with E-state index in [0.717, 1.165) is 12.8 Å². The average Bonchev–Trinajstić information content (AvgIpc) is 2.71. The molecule has 2 rings (SSSR count). The van der Waals surface area contributed by atoms with Gasteiger partial charge in [0, 0.05) is 6.42 Å². The van der Waals surface area contributed by atoms with Gasteiger partial charge >= 0.3 is 0 Å². The number of allylic oxidation sites excluding steroid dienone is 2. The smallest absolute Gasteiger partial charge is 0.186 e. The monoisotopic (exact) mass is 428 g/mol. The molecule has 7 heteroatoms. The first-order valence-electron chi connectivity index (χ1n) is 10.9. The molecule has 1 aliphatic carbocycles. The summed E-state index contributed by atoms with van der Waals surface area (Å²) >= 11 is 0. The molecule has 1 aliphatic heterocycles. The van der Waals surface area contributed by atoms with E-state index in [1.807, 2.05) is 19.9 Å². The molecule has 0 aromatic heterocycles. The zero-order chi connectivity index (χ0) is 22.9. The number of hydrogen-bond acceptors (Lipinski definition) is 7. The molecule has 0 bridgehead atoms. The molecule has 174 valence electrons. The van der Waals surface area contributed by atoms with E-state index in [4.69, 9.17) is 9.47 Å². The lowest BCUT2D eigenvalue weighted by Crippen LogP contribution is -2.63. The SMILES string of the molecule is CC(C)CC(=O)C=CC(C)(C)CC(C)(C)CCOC1OC2(O)C(CO)C(O)C(O)C12. The molecule has 1 saturated carbocycles. The first-order valence-corrected chi connectivity index (χ1v) is 10.9. The van der Waals surface area contributed by atoms with Crippen LogP contribution in [0, 0.1) is 28.6 Å². The van der Waals surface area contributed by atoms with Crippen LogP contribution in [0.15, 0.2) is 12.2 Å². The lowest BCUT2D eigenvalue weighted by atomic mass is 9.73. The fourth-order valence-corrected chi connectivity index (χ4v) is 4.89. The van der Waals surface area contributed by atoms with Gasteiger partial charge in [0.15, 0.2) is 17.9 Å². The van der Waals surface area contributed by atoms with E-state index in [-0.39, 0.29) is 16.6 Å². The van der Waals surface area contributed by atoms with Crippen molar-refractivity contribution in [3.63, 3.8) is 0 Å². The van der Waals surface area contributed by atoms with Crippen molar-refractivity contribution in [3.8, 4) is 0 Å². The summed E-state index contributed by atoms with van der Waals surface area (Å²) in [5.41, 5.74) is -0.222. The summed E-state index contributed by atoms with van der Waals surface area (Å²) in [6.45, 7) is 12.4. The predicted octanol–water partition coefficient (Wildman–Crippen LogP) is 2.01. The van der Waals surface area contributed by atoms with E-state index < -0.39 is 42.7 Å². The van der Waals surface area contributed by atoms with Crippen LogP contribution in [0.4, 0.5) is 0 Å². The van der Waals surface area contributed by atoms with E-state index in [2.05, 4.69) is 27.7 Å². The molecule has 6 unspecified atom stereocenters. The molecule has 7 nitrogen and oxygen atoms in total. The molecular formula is C23H40O7. The number of aliphatic hydroxyl groups is 4. The number of rotatable bonds is 11. The van der Waals surface area contributed by atoms with Crippen molar-refractivity contribution in [2.24, 2.45) is 28.6 Å². The Morgan fingerprint density at radius 1 is 1.20 bits per heavy atom. The molecule has 30 heavy (non-hydrogen) atoms. The van der Waals surface area contributed by atoms with Crippen LogP contribution >= 0.6 is 0 Å². The van der Waals surface area contributed by atoms with Crippen LogP contribution < -0.4 is 0 Å². The van der Waals surface area contributed by atoms with Crippen molar-refractivity contribution in [3.05, 3.63) is 12.2 Å². The molecule has 1 heterocycles. The fourth-order valence-electron chi connectivity index (χ4n) is 4.89. The summed E-state index contributed by atoms with van der Waals surface area (Å²) in [6, 6.07) is 0. The number of carbonyl (C=O) groups is 1. The van der Waals surface area contributed by atoms with Crippen LogP contribution in [-0.4, -0.2) is 63.7 Å². The minimum atomic E-state index is -1.75. The molecule has 0 radical (unpaired) electrons. The Balaban J connectivity index is 1.83. The van der Waals surface area contributed by atoms with Crippen molar-refractivity contribution in [1.82, 2.24) is 0 Å². The van der Waals surface area contributed by atoms with Gasteiger partial charge in [-0.05, 0) is 35.7 Å². The summed E-state index contributed by atoms with van der Waals surface area (Å²) < 4.78 is 11.2. The maximum Gasteiger partial charge on any atom is 0.186 e. The molecule has 1 saturated heterocycles. The Morgan fingerprint density at radius 3 is 2.40 bits per heavy atom. The van der Waals surface area contributed by atoms with Crippen molar-refractivity contribution in [2.75, 3.05) is 13.2 Å². The van der Waals surface area contributed by atoms with Crippen LogP contribution in [0.1, 0.15) is 60.8 Å². The standard InChI is InChI=1S/C23H40O7/c1-14(2)11-15(25)7-8-21(3,4)13-22(5,6)9-10-29-20-17-19(27)18(26)16(12-24)23(17,28)30-20/h7-8,14,16-20,24,26-28H,9-13H2,1-6H3. The number of hydrogen-bond donors (Lipinski definition) is 4. The molecule has 2 aliphatic rings. The van der Waals surface area contributed by atoms with Crippen molar-refractivity contribution < 1.29 is 34.7 Å². The summed E-state index contributed by atoms with van der Waals surface area (Å²) in [5, 5.41) is 40.0. The second-order valence-corrected chi connectivity index (χ2v) is 10.9. The van der Waals surface area contributed by atoms with Crippen molar-refractivity contribution >= 4 is 5.78 Å². The van der Waals surface area contributed by atoms with E-state index in [9.17, 15) is 25.2 Å². The van der Waals surface area contributed by atoms with Crippen LogP contribution in [-0.2, 0) is 14.3 Å². The highest BCUT2D eigenvalue weighted by Gasteiger charge is 2.71. The number of fused-ring (bicyclic) bond motifs is 1. The Kier molecular flexibility index (Phi) is 7.92. The van der Waals surface area contributed by atoms with Gasteiger partial charge in [-0.1, -0.05) is 47.6 Å². The molecule has 0 spiro atoms. The maximum atomic E-state index is 12.0. The number of ketones is 1. The van der Waals surface area contributed by atoms with Crippen LogP contribution in [0.2, 0.25) is 0 Å². The summed E-state index contributed by atoms with van der Waals surface area (Å²) in [5.74, 6) is -2.98. The van der Waals surface area contributed by atoms with Gasteiger partial charge in [0.25, 0.3) is 0 Å². The van der Waals surface area contributed by atoms with Crippen molar-refractivity contribution in [2.45, 2.75) is 85.1 Å². The lowest BCUT2D eigenvalue weighted by Gasteiger charge is -2.49. The van der Waals surface area contributed by atoms with Gasteiger partial charge in [0.05, 0.1) is 37.3 Å². The zero-order valence-electron chi connectivity index (χ0n) is 19.2. The Labute approximate surface area is 180 Å². The van der Waals surface area contributed by atoms with Gasteiger partial charge in [0.1, 0.15) is 0 Å². The second kappa shape index (κ2) is 9.35. The van der Waals surface area contributed by atoms with Gasteiger partial charge in [-0.3, -0.25) is 4.79 Å². The van der Waals surface area contributed by atoms with Crippen LogP contribution in [0.3, 0.4) is 0 Å². The summed E-state index contributed by atoms with van der Waals surface area (Å²) in [7, 11) is 0. The number of aliphatic hydroxyl groups excluding tert-OH is 3. The van der Waals surface area contributed by atoms with Gasteiger partial charge in [-0.15, -0.1) is 0 Å². The zero-order valence-corrected chi connectivity index (χ0v) is 19.2. The molecule has 4 N–H and O–H groups in total. The van der Waals surface area contributed by atoms with E-state index in [1.54, 1.807) is 6.08 Å². The summed E-state index contributed by atoms with van der Waals surface area (Å²) in [4.78, 5) is 12.0. The minimum absolute atomic E-state index is 0.0730.